The van der Waals surface area contributed by atoms with Gasteiger partial charge in [0.05, 0.1) is 16.0 Å². The minimum Gasteiger partial charge on any atom is -0.306 e. The molecule has 0 unspecified atom stereocenters. The molecular formula is C18H21N5OS2. The molecule has 1 aliphatic rings. The van der Waals surface area contributed by atoms with Gasteiger partial charge in [0, 0.05) is 12.5 Å². The first kappa shape index (κ1) is 17.5. The van der Waals surface area contributed by atoms with Gasteiger partial charge in [-0.15, -0.1) is 10.2 Å². The van der Waals surface area contributed by atoms with Crippen LogP contribution in [0.3, 0.4) is 0 Å². The molecule has 6 nitrogen and oxygen atoms in total. The molecule has 0 saturated heterocycles. The first-order chi connectivity index (χ1) is 12.7. The Labute approximate surface area is 160 Å². The Hall–Kier alpha value is -1.93. The lowest BCUT2D eigenvalue weighted by Crippen LogP contribution is -2.14. The Balaban J connectivity index is 1.39. The molecule has 1 aliphatic carbocycles. The number of hydrogen-bond acceptors (Lipinski definition) is 6. The fourth-order valence-electron chi connectivity index (χ4n) is 3.40. The Kier molecular flexibility index (Phi) is 5.21. The van der Waals surface area contributed by atoms with Crippen LogP contribution >= 0.6 is 23.1 Å². The van der Waals surface area contributed by atoms with Crippen LogP contribution in [0.25, 0.3) is 10.2 Å². The third kappa shape index (κ3) is 3.61. The van der Waals surface area contributed by atoms with E-state index in [2.05, 4.69) is 32.0 Å². The van der Waals surface area contributed by atoms with Crippen molar-refractivity contribution in [1.82, 2.24) is 19.7 Å². The van der Waals surface area contributed by atoms with E-state index in [-0.39, 0.29) is 5.91 Å². The summed E-state index contributed by atoms with van der Waals surface area (Å²) in [6.45, 7) is 2.94. The number of fused-ring (bicyclic) bond motifs is 1. The summed E-state index contributed by atoms with van der Waals surface area (Å²) in [6, 6.07) is 7.88. The average Bonchev–Trinajstić information content (AvgIpc) is 3.37. The number of aromatic nitrogens is 4. The second-order valence-corrected chi connectivity index (χ2v) is 8.36. The van der Waals surface area contributed by atoms with Crippen LogP contribution in [-0.2, 0) is 11.3 Å². The molecule has 26 heavy (non-hydrogen) atoms. The molecule has 8 heteroatoms. The first-order valence-electron chi connectivity index (χ1n) is 8.96. The Morgan fingerprint density at radius 1 is 1.31 bits per heavy atom. The van der Waals surface area contributed by atoms with E-state index in [9.17, 15) is 4.79 Å². The van der Waals surface area contributed by atoms with Crippen molar-refractivity contribution in [2.75, 3.05) is 11.1 Å². The molecule has 2 aromatic heterocycles. The number of benzene rings is 1. The van der Waals surface area contributed by atoms with Crippen molar-refractivity contribution in [3.63, 3.8) is 0 Å². The van der Waals surface area contributed by atoms with Gasteiger partial charge in [0.1, 0.15) is 5.82 Å². The number of anilines is 1. The fourth-order valence-corrected chi connectivity index (χ4v) is 5.09. The van der Waals surface area contributed by atoms with E-state index in [0.717, 1.165) is 27.7 Å². The number of para-hydroxylation sites is 1. The number of rotatable bonds is 6. The van der Waals surface area contributed by atoms with Crippen molar-refractivity contribution < 1.29 is 4.79 Å². The second-order valence-electron chi connectivity index (χ2n) is 6.39. The number of hydrogen-bond donors (Lipinski definition) is 1. The van der Waals surface area contributed by atoms with E-state index in [1.54, 1.807) is 0 Å². The van der Waals surface area contributed by atoms with Gasteiger partial charge in [-0.1, -0.05) is 48.1 Å². The maximum absolute atomic E-state index is 12.3. The summed E-state index contributed by atoms with van der Waals surface area (Å²) in [6.07, 6.45) is 4.93. The van der Waals surface area contributed by atoms with Crippen LogP contribution in [0.2, 0.25) is 0 Å². The van der Waals surface area contributed by atoms with Crippen LogP contribution in [-0.4, -0.2) is 31.4 Å². The molecule has 2 heterocycles. The lowest BCUT2D eigenvalue weighted by Gasteiger charge is -2.11. The van der Waals surface area contributed by atoms with Crippen molar-refractivity contribution in [2.24, 2.45) is 0 Å². The molecule has 1 aromatic carbocycles. The highest BCUT2D eigenvalue weighted by Crippen LogP contribution is 2.34. The number of thiazole rings is 1. The summed E-state index contributed by atoms with van der Waals surface area (Å²) in [5.74, 6) is 1.84. The molecule has 3 aromatic rings. The molecule has 4 rings (SSSR count). The van der Waals surface area contributed by atoms with Gasteiger partial charge < -0.3 is 9.88 Å². The smallest absolute Gasteiger partial charge is 0.236 e. The molecule has 0 spiro atoms. The number of nitrogens with one attached hydrogen (secondary N) is 1. The van der Waals surface area contributed by atoms with E-state index in [1.165, 1.54) is 48.8 Å². The monoisotopic (exact) mass is 387 g/mol. The summed E-state index contributed by atoms with van der Waals surface area (Å²) in [5.41, 5.74) is 0.910. The number of carbonyl (C=O) groups is 1. The Morgan fingerprint density at radius 2 is 2.12 bits per heavy atom. The van der Waals surface area contributed by atoms with Crippen LogP contribution in [0, 0.1) is 0 Å². The van der Waals surface area contributed by atoms with Gasteiger partial charge in [0.25, 0.3) is 0 Å². The second kappa shape index (κ2) is 7.75. The lowest BCUT2D eigenvalue weighted by molar-refractivity contribution is -0.113. The number of amides is 1. The topological polar surface area (TPSA) is 72.7 Å². The third-order valence-corrected chi connectivity index (χ3v) is 6.57. The van der Waals surface area contributed by atoms with E-state index in [1.807, 2.05) is 24.3 Å². The Bertz CT molecular complexity index is 880. The summed E-state index contributed by atoms with van der Waals surface area (Å²) < 4.78 is 3.23. The van der Waals surface area contributed by atoms with E-state index < -0.39 is 0 Å². The minimum atomic E-state index is -0.0675. The van der Waals surface area contributed by atoms with Gasteiger partial charge in [0.2, 0.25) is 5.91 Å². The van der Waals surface area contributed by atoms with Crippen molar-refractivity contribution in [1.29, 1.82) is 0 Å². The zero-order chi connectivity index (χ0) is 17.9. The SMILES string of the molecule is CCn1c(SCC(=O)Nc2nc3ccccc3s2)nnc1C1CCCC1. The van der Waals surface area contributed by atoms with Gasteiger partial charge in [-0.3, -0.25) is 4.79 Å². The third-order valence-electron chi connectivity index (χ3n) is 4.65. The normalized spacial score (nSPS) is 15.0. The van der Waals surface area contributed by atoms with Crippen molar-refractivity contribution in [3.05, 3.63) is 30.1 Å². The highest BCUT2D eigenvalue weighted by molar-refractivity contribution is 7.99. The molecule has 0 atom stereocenters. The summed E-state index contributed by atoms with van der Waals surface area (Å²) >= 11 is 2.93. The first-order valence-corrected chi connectivity index (χ1v) is 10.8. The summed E-state index contributed by atoms with van der Waals surface area (Å²) in [4.78, 5) is 16.7. The molecule has 1 saturated carbocycles. The molecule has 0 radical (unpaired) electrons. The summed E-state index contributed by atoms with van der Waals surface area (Å²) in [5, 5.41) is 13.1. The average molecular weight is 388 g/mol. The fraction of sp³-hybridized carbons (Fsp3) is 0.444. The standard InChI is InChI=1S/C18H21N5OS2/c1-2-23-16(12-7-3-4-8-12)21-22-18(23)25-11-15(24)20-17-19-13-9-5-6-10-14(13)26-17/h5-6,9-10,12H,2-4,7-8,11H2,1H3,(H,19,20,24). The molecule has 1 amide bonds. The maximum Gasteiger partial charge on any atom is 0.236 e. The molecule has 0 bridgehead atoms. The molecule has 1 N–H and O–H groups in total. The highest BCUT2D eigenvalue weighted by atomic mass is 32.2. The van der Waals surface area contributed by atoms with Gasteiger partial charge in [-0.25, -0.2) is 4.98 Å². The van der Waals surface area contributed by atoms with E-state index in [4.69, 9.17) is 0 Å². The van der Waals surface area contributed by atoms with Crippen molar-refractivity contribution >= 4 is 44.4 Å². The largest absolute Gasteiger partial charge is 0.306 e. The predicted octanol–water partition coefficient (Wildman–Crippen LogP) is 4.30. The van der Waals surface area contributed by atoms with Crippen LogP contribution < -0.4 is 5.32 Å². The van der Waals surface area contributed by atoms with Crippen molar-refractivity contribution in [3.8, 4) is 0 Å². The zero-order valence-electron chi connectivity index (χ0n) is 14.6. The predicted molar refractivity (Wildman–Crippen MR) is 106 cm³/mol. The lowest BCUT2D eigenvalue weighted by atomic mass is 10.1. The molecule has 1 fully saturated rings. The molecule has 136 valence electrons. The van der Waals surface area contributed by atoms with Gasteiger partial charge in [-0.2, -0.15) is 0 Å². The molecular weight excluding hydrogens is 366 g/mol. The minimum absolute atomic E-state index is 0.0675. The summed E-state index contributed by atoms with van der Waals surface area (Å²) in [7, 11) is 0. The van der Waals surface area contributed by atoms with Crippen LogP contribution in [0.5, 0.6) is 0 Å². The number of carbonyl (C=O) groups excluding carboxylic acids is 1. The van der Waals surface area contributed by atoms with Crippen LogP contribution in [0.1, 0.15) is 44.3 Å². The van der Waals surface area contributed by atoms with E-state index in [0.29, 0.717) is 16.8 Å². The maximum atomic E-state index is 12.3. The van der Waals surface area contributed by atoms with Gasteiger partial charge in [0.15, 0.2) is 10.3 Å². The van der Waals surface area contributed by atoms with Gasteiger partial charge in [-0.05, 0) is 31.9 Å². The van der Waals surface area contributed by atoms with Gasteiger partial charge >= 0.3 is 0 Å². The zero-order valence-corrected chi connectivity index (χ0v) is 16.3. The Morgan fingerprint density at radius 3 is 2.88 bits per heavy atom. The quantitative estimate of drug-likeness (QED) is 0.639. The number of nitrogens with zero attached hydrogens (tertiary/aromatic N) is 4. The number of thioether (sulfide) groups is 1. The van der Waals surface area contributed by atoms with Crippen LogP contribution in [0.4, 0.5) is 5.13 Å². The highest BCUT2D eigenvalue weighted by Gasteiger charge is 2.24. The molecule has 0 aliphatic heterocycles. The van der Waals surface area contributed by atoms with Crippen molar-refractivity contribution in [2.45, 2.75) is 50.2 Å². The van der Waals surface area contributed by atoms with Crippen LogP contribution in [0.15, 0.2) is 29.4 Å². The van der Waals surface area contributed by atoms with E-state index >= 15 is 0 Å².